The Morgan fingerprint density at radius 3 is 0.955 bits per heavy atom. The molecule has 0 radical (unpaired) electrons. The van der Waals surface area contributed by atoms with Crippen molar-refractivity contribution in [3.8, 4) is 0 Å². The monoisotopic (exact) mass is 935 g/mol. The highest BCUT2D eigenvalue weighted by molar-refractivity contribution is 5.71. The van der Waals surface area contributed by atoms with Crippen LogP contribution in [-0.4, -0.2) is 37.2 Å². The maximum Gasteiger partial charge on any atom is 0.306 e. The molecule has 6 nitrogen and oxygen atoms in total. The summed E-state index contributed by atoms with van der Waals surface area (Å²) in [6.07, 6.45) is 70.4. The number of hydrogen-bond acceptors (Lipinski definition) is 6. The first-order valence-corrected chi connectivity index (χ1v) is 28.4. The van der Waals surface area contributed by atoms with Crippen LogP contribution in [0.25, 0.3) is 0 Å². The van der Waals surface area contributed by atoms with Crippen molar-refractivity contribution < 1.29 is 28.6 Å². The highest BCUT2D eigenvalue weighted by atomic mass is 16.6. The van der Waals surface area contributed by atoms with Crippen LogP contribution < -0.4 is 0 Å². The lowest BCUT2D eigenvalue weighted by Gasteiger charge is -2.18. The van der Waals surface area contributed by atoms with Crippen LogP contribution >= 0.6 is 0 Å². The summed E-state index contributed by atoms with van der Waals surface area (Å²) in [4.78, 5) is 38.0. The fraction of sp³-hybridized carbons (Fsp3) is 0.754. The van der Waals surface area contributed by atoms with Gasteiger partial charge in [0.15, 0.2) is 6.10 Å². The quantitative estimate of drug-likeness (QED) is 0.0262. The van der Waals surface area contributed by atoms with E-state index in [4.69, 9.17) is 14.2 Å². The Kier molecular flexibility index (Phi) is 52.8. The summed E-state index contributed by atoms with van der Waals surface area (Å²) < 4.78 is 16.8. The topological polar surface area (TPSA) is 78.9 Å². The normalized spacial score (nSPS) is 12.6. The van der Waals surface area contributed by atoms with Crippen molar-refractivity contribution in [1.29, 1.82) is 0 Å². The molecule has 1 unspecified atom stereocenters. The third-order valence-corrected chi connectivity index (χ3v) is 12.2. The molecule has 0 aromatic rings. The predicted octanol–water partition coefficient (Wildman–Crippen LogP) is 19.0. The molecule has 0 rings (SSSR count). The summed E-state index contributed by atoms with van der Waals surface area (Å²) in [6.45, 7) is 6.50. The van der Waals surface area contributed by atoms with E-state index >= 15 is 0 Å². The predicted molar refractivity (Wildman–Crippen MR) is 288 cm³/mol. The summed E-state index contributed by atoms with van der Waals surface area (Å²) in [5.41, 5.74) is 0. The Morgan fingerprint density at radius 2 is 0.582 bits per heavy atom. The van der Waals surface area contributed by atoms with Crippen LogP contribution in [0.15, 0.2) is 72.9 Å². The lowest BCUT2D eigenvalue weighted by Crippen LogP contribution is -2.30. The van der Waals surface area contributed by atoms with Gasteiger partial charge in [-0.05, 0) is 89.9 Å². The Balaban J connectivity index is 4.26. The Morgan fingerprint density at radius 1 is 0.313 bits per heavy atom. The van der Waals surface area contributed by atoms with Crippen LogP contribution in [0.3, 0.4) is 0 Å². The molecule has 0 aliphatic heterocycles. The van der Waals surface area contributed by atoms with Gasteiger partial charge in [-0.3, -0.25) is 14.4 Å². The standard InChI is InChI=1S/C61H106O6/c1-4-7-10-13-16-19-22-25-26-27-28-29-30-31-32-33-34-35-36-37-40-42-45-48-51-54-60(63)66-57-58(67-61(64)55-52-49-46-43-39-24-21-18-15-12-9-6-3)56-65-59(62)53-50-47-44-41-38-23-20-17-14-11-8-5-2/h7,10,16,18-19,21,25-26,28-29,31-32,58H,4-6,8-9,11-15,17,20,22-24,27,30,33-57H2,1-3H3/b10-7-,19-16-,21-18-,26-25-,29-28-,32-31-. The molecule has 0 N–H and O–H groups in total. The number of carbonyl (C=O) groups excluding carboxylic acids is 3. The van der Waals surface area contributed by atoms with E-state index in [1.807, 2.05) is 0 Å². The van der Waals surface area contributed by atoms with Gasteiger partial charge in [-0.1, -0.05) is 241 Å². The second-order valence-electron chi connectivity index (χ2n) is 18.8. The van der Waals surface area contributed by atoms with E-state index in [-0.39, 0.29) is 31.1 Å². The van der Waals surface area contributed by atoms with Crippen LogP contribution in [0.4, 0.5) is 0 Å². The second kappa shape index (κ2) is 55.4. The zero-order chi connectivity index (χ0) is 48.6. The van der Waals surface area contributed by atoms with Gasteiger partial charge < -0.3 is 14.2 Å². The lowest BCUT2D eigenvalue weighted by molar-refractivity contribution is -0.167. The van der Waals surface area contributed by atoms with Crippen LogP contribution in [0.1, 0.15) is 278 Å². The molecule has 0 saturated carbocycles. The van der Waals surface area contributed by atoms with Crippen molar-refractivity contribution in [2.24, 2.45) is 0 Å². The van der Waals surface area contributed by atoms with E-state index in [1.54, 1.807) is 0 Å². The van der Waals surface area contributed by atoms with Crippen molar-refractivity contribution in [3.63, 3.8) is 0 Å². The minimum Gasteiger partial charge on any atom is -0.462 e. The third kappa shape index (κ3) is 53.7. The molecule has 0 saturated heterocycles. The fourth-order valence-corrected chi connectivity index (χ4v) is 7.93. The molecule has 386 valence electrons. The minimum atomic E-state index is -0.779. The first kappa shape index (κ1) is 63.8. The highest BCUT2D eigenvalue weighted by Gasteiger charge is 2.19. The van der Waals surface area contributed by atoms with Gasteiger partial charge in [0.25, 0.3) is 0 Å². The molecule has 0 heterocycles. The smallest absolute Gasteiger partial charge is 0.306 e. The Hall–Kier alpha value is -3.15. The van der Waals surface area contributed by atoms with Gasteiger partial charge in [0.1, 0.15) is 13.2 Å². The van der Waals surface area contributed by atoms with Gasteiger partial charge in [-0.25, -0.2) is 0 Å². The summed E-state index contributed by atoms with van der Waals surface area (Å²) in [5, 5.41) is 0. The van der Waals surface area contributed by atoms with E-state index < -0.39 is 6.10 Å². The number of ether oxygens (including phenoxy) is 3. The summed E-state index contributed by atoms with van der Waals surface area (Å²) in [7, 11) is 0. The SMILES string of the molecule is CC/C=C\C/C=C\C/C=C\C/C=C\C/C=C\CCCCCCCCCCCC(=O)OCC(COC(=O)CCCCCCCCCCCCCC)OC(=O)CCCCCCC/C=C\CCCCC. The largest absolute Gasteiger partial charge is 0.462 e. The Labute approximate surface area is 414 Å². The molecular formula is C61H106O6. The van der Waals surface area contributed by atoms with E-state index in [0.717, 1.165) is 109 Å². The number of esters is 3. The average molecular weight is 936 g/mol. The lowest BCUT2D eigenvalue weighted by atomic mass is 10.0. The van der Waals surface area contributed by atoms with Crippen LogP contribution in [0.2, 0.25) is 0 Å². The van der Waals surface area contributed by atoms with Crippen molar-refractivity contribution in [3.05, 3.63) is 72.9 Å². The maximum atomic E-state index is 12.8. The summed E-state index contributed by atoms with van der Waals surface area (Å²) in [5.74, 6) is -0.887. The molecule has 0 bridgehead atoms. The van der Waals surface area contributed by atoms with Gasteiger partial charge >= 0.3 is 17.9 Å². The molecule has 0 aromatic carbocycles. The van der Waals surface area contributed by atoms with Gasteiger partial charge in [0.2, 0.25) is 0 Å². The number of hydrogen-bond donors (Lipinski definition) is 0. The average Bonchev–Trinajstić information content (AvgIpc) is 3.33. The molecule has 6 heteroatoms. The number of carbonyl (C=O) groups is 3. The van der Waals surface area contributed by atoms with Crippen LogP contribution in [-0.2, 0) is 28.6 Å². The van der Waals surface area contributed by atoms with E-state index in [0.29, 0.717) is 19.3 Å². The zero-order valence-corrected chi connectivity index (χ0v) is 44.2. The molecule has 67 heavy (non-hydrogen) atoms. The molecule has 0 aliphatic rings. The molecule has 0 aliphatic carbocycles. The summed E-state index contributed by atoms with van der Waals surface area (Å²) in [6, 6.07) is 0. The first-order chi connectivity index (χ1) is 33.0. The van der Waals surface area contributed by atoms with Gasteiger partial charge in [-0.2, -0.15) is 0 Å². The first-order valence-electron chi connectivity index (χ1n) is 28.4. The van der Waals surface area contributed by atoms with E-state index in [9.17, 15) is 14.4 Å². The Bertz CT molecular complexity index is 1260. The van der Waals surface area contributed by atoms with Crippen molar-refractivity contribution in [2.75, 3.05) is 13.2 Å². The van der Waals surface area contributed by atoms with Crippen molar-refractivity contribution in [1.82, 2.24) is 0 Å². The molecule has 1 atom stereocenters. The number of rotatable bonds is 51. The molecule has 0 amide bonds. The minimum absolute atomic E-state index is 0.0779. The second-order valence-corrected chi connectivity index (χ2v) is 18.8. The van der Waals surface area contributed by atoms with Gasteiger partial charge in [0.05, 0.1) is 0 Å². The van der Waals surface area contributed by atoms with Gasteiger partial charge in [-0.15, -0.1) is 0 Å². The van der Waals surface area contributed by atoms with Crippen LogP contribution in [0, 0.1) is 0 Å². The van der Waals surface area contributed by atoms with Crippen molar-refractivity contribution >= 4 is 17.9 Å². The van der Waals surface area contributed by atoms with Crippen molar-refractivity contribution in [2.45, 2.75) is 284 Å². The van der Waals surface area contributed by atoms with E-state index in [2.05, 4.69) is 93.7 Å². The number of allylic oxidation sites excluding steroid dienone is 12. The maximum absolute atomic E-state index is 12.8. The molecule has 0 aromatic heterocycles. The fourth-order valence-electron chi connectivity index (χ4n) is 7.93. The highest BCUT2D eigenvalue weighted by Crippen LogP contribution is 2.15. The molecule has 0 spiro atoms. The molecule has 0 fully saturated rings. The van der Waals surface area contributed by atoms with E-state index in [1.165, 1.54) is 128 Å². The zero-order valence-electron chi connectivity index (χ0n) is 44.2. The number of unbranched alkanes of at least 4 members (excludes halogenated alkanes) is 28. The molecular weight excluding hydrogens is 829 g/mol. The van der Waals surface area contributed by atoms with Crippen LogP contribution in [0.5, 0.6) is 0 Å². The third-order valence-electron chi connectivity index (χ3n) is 12.2. The van der Waals surface area contributed by atoms with Gasteiger partial charge in [0, 0.05) is 19.3 Å². The summed E-state index contributed by atoms with van der Waals surface area (Å²) >= 11 is 0.